The van der Waals surface area contributed by atoms with Crippen molar-refractivity contribution in [2.45, 2.75) is 0 Å². The van der Waals surface area contributed by atoms with Crippen LogP contribution >= 0.6 is 11.3 Å². The van der Waals surface area contributed by atoms with Crippen molar-refractivity contribution in [1.82, 2.24) is 4.98 Å². The van der Waals surface area contributed by atoms with Crippen molar-refractivity contribution in [3.8, 4) is 0 Å². The zero-order valence-corrected chi connectivity index (χ0v) is 4.91. The topological polar surface area (TPSA) is 24.9 Å². The van der Waals surface area contributed by atoms with Gasteiger partial charge in [-0.1, -0.05) is 0 Å². The van der Waals surface area contributed by atoms with Crippen molar-refractivity contribution < 1.29 is 4.39 Å². The second kappa shape index (κ2) is 2.61. The van der Waals surface area contributed by atoms with Crippen LogP contribution in [0.3, 0.4) is 0 Å². The molecule has 0 atom stereocenters. The van der Waals surface area contributed by atoms with E-state index in [1.54, 1.807) is 11.6 Å². The van der Waals surface area contributed by atoms with Crippen LogP contribution in [0.1, 0.15) is 0 Å². The second-order valence-electron chi connectivity index (χ2n) is 1.15. The lowest BCUT2D eigenvalue weighted by Crippen LogP contribution is -1.92. The smallest absolute Gasteiger partial charge is 0.184 e. The maximum atomic E-state index is 11.4. The number of rotatable bonds is 2. The lowest BCUT2D eigenvalue weighted by atomic mass is 11.0. The molecule has 0 aliphatic rings. The molecule has 1 N–H and O–H groups in total. The van der Waals surface area contributed by atoms with Gasteiger partial charge in [0.15, 0.2) is 11.9 Å². The average molecular weight is 132 g/mol. The summed E-state index contributed by atoms with van der Waals surface area (Å²) in [6.07, 6.45) is 1.63. The van der Waals surface area contributed by atoms with Gasteiger partial charge in [-0.2, -0.15) is 0 Å². The van der Waals surface area contributed by atoms with Gasteiger partial charge in [-0.25, -0.2) is 9.37 Å². The average Bonchev–Trinajstić information content (AvgIpc) is 2.19. The molecule has 44 valence electrons. The third-order valence-electron chi connectivity index (χ3n) is 0.650. The summed E-state index contributed by atoms with van der Waals surface area (Å²) in [6.45, 7) is -0.548. The molecule has 0 saturated heterocycles. The molecule has 1 aromatic rings. The van der Waals surface area contributed by atoms with Crippen LogP contribution in [0.5, 0.6) is 0 Å². The molecule has 1 heterocycles. The van der Waals surface area contributed by atoms with E-state index in [1.165, 1.54) is 11.3 Å². The Kier molecular flexibility index (Phi) is 1.80. The van der Waals surface area contributed by atoms with E-state index in [9.17, 15) is 4.39 Å². The van der Waals surface area contributed by atoms with Crippen molar-refractivity contribution in [2.75, 3.05) is 12.1 Å². The van der Waals surface area contributed by atoms with Gasteiger partial charge in [0.1, 0.15) is 0 Å². The third kappa shape index (κ3) is 1.16. The van der Waals surface area contributed by atoms with Crippen LogP contribution < -0.4 is 5.32 Å². The van der Waals surface area contributed by atoms with Crippen LogP contribution in [0.4, 0.5) is 9.52 Å². The fourth-order valence-corrected chi connectivity index (χ4v) is 0.878. The fraction of sp³-hybridized carbons (Fsp3) is 0.250. The second-order valence-corrected chi connectivity index (χ2v) is 2.04. The lowest BCUT2D eigenvalue weighted by molar-refractivity contribution is 0.536. The van der Waals surface area contributed by atoms with Crippen LogP contribution in [0.15, 0.2) is 11.6 Å². The molecule has 0 spiro atoms. The highest BCUT2D eigenvalue weighted by Gasteiger charge is 1.87. The van der Waals surface area contributed by atoms with E-state index in [1.807, 2.05) is 0 Å². The molecule has 0 aromatic carbocycles. The predicted molar refractivity (Wildman–Crippen MR) is 31.7 cm³/mol. The van der Waals surface area contributed by atoms with Crippen LogP contribution in [0.25, 0.3) is 0 Å². The maximum Gasteiger partial charge on any atom is 0.184 e. The Morgan fingerprint density at radius 1 is 1.88 bits per heavy atom. The van der Waals surface area contributed by atoms with Gasteiger partial charge < -0.3 is 5.32 Å². The molecule has 0 fully saturated rings. The van der Waals surface area contributed by atoms with Gasteiger partial charge >= 0.3 is 0 Å². The minimum absolute atomic E-state index is 0.548. The number of hydrogen-bond donors (Lipinski definition) is 1. The molecular weight excluding hydrogens is 127 g/mol. The number of nitrogens with zero attached hydrogens (tertiary/aromatic N) is 1. The first-order valence-electron chi connectivity index (χ1n) is 2.13. The highest BCUT2D eigenvalue weighted by Crippen LogP contribution is 2.08. The van der Waals surface area contributed by atoms with E-state index >= 15 is 0 Å². The number of alkyl halides is 1. The van der Waals surface area contributed by atoms with E-state index in [4.69, 9.17) is 0 Å². The van der Waals surface area contributed by atoms with Crippen LogP contribution in [-0.2, 0) is 0 Å². The number of thiazole rings is 1. The standard InChI is InChI=1S/C4H5FN2S/c5-3-7-4-6-1-2-8-4/h1-2H,3H2,(H,6,7). The third-order valence-corrected chi connectivity index (χ3v) is 1.38. The molecule has 0 amide bonds. The van der Waals surface area contributed by atoms with Gasteiger partial charge in [0, 0.05) is 11.6 Å². The Morgan fingerprint density at radius 2 is 2.75 bits per heavy atom. The Balaban J connectivity index is 2.50. The molecule has 0 saturated carbocycles. The highest BCUT2D eigenvalue weighted by atomic mass is 32.1. The van der Waals surface area contributed by atoms with E-state index in [0.29, 0.717) is 5.13 Å². The van der Waals surface area contributed by atoms with Gasteiger partial charge in [0.05, 0.1) is 0 Å². The molecule has 0 aliphatic carbocycles. The summed E-state index contributed by atoms with van der Waals surface area (Å²) in [5, 5.41) is 4.85. The summed E-state index contributed by atoms with van der Waals surface area (Å²) < 4.78 is 11.4. The predicted octanol–water partition coefficient (Wildman–Crippen LogP) is 1.48. The normalized spacial score (nSPS) is 9.12. The Hall–Kier alpha value is -0.640. The van der Waals surface area contributed by atoms with E-state index in [0.717, 1.165) is 0 Å². The van der Waals surface area contributed by atoms with E-state index in [-0.39, 0.29) is 0 Å². The van der Waals surface area contributed by atoms with Crippen molar-refractivity contribution in [3.05, 3.63) is 11.6 Å². The molecule has 1 aromatic heterocycles. The Bertz CT molecular complexity index is 140. The molecule has 8 heavy (non-hydrogen) atoms. The Morgan fingerprint density at radius 3 is 3.25 bits per heavy atom. The zero-order valence-electron chi connectivity index (χ0n) is 4.10. The van der Waals surface area contributed by atoms with E-state index in [2.05, 4.69) is 10.3 Å². The van der Waals surface area contributed by atoms with Crippen LogP contribution in [0.2, 0.25) is 0 Å². The minimum Gasteiger partial charge on any atom is -0.334 e. The van der Waals surface area contributed by atoms with E-state index < -0.39 is 6.80 Å². The SMILES string of the molecule is FCNc1nccs1. The molecule has 2 nitrogen and oxygen atoms in total. The summed E-state index contributed by atoms with van der Waals surface area (Å²) in [7, 11) is 0. The number of anilines is 1. The molecule has 0 bridgehead atoms. The van der Waals surface area contributed by atoms with Crippen LogP contribution in [0, 0.1) is 0 Å². The maximum absolute atomic E-state index is 11.4. The summed E-state index contributed by atoms with van der Waals surface area (Å²) in [5.41, 5.74) is 0. The Labute approximate surface area is 50.4 Å². The monoisotopic (exact) mass is 132 g/mol. The minimum atomic E-state index is -0.548. The van der Waals surface area contributed by atoms with Gasteiger partial charge in [-0.05, 0) is 0 Å². The van der Waals surface area contributed by atoms with Crippen LogP contribution in [-0.4, -0.2) is 11.8 Å². The largest absolute Gasteiger partial charge is 0.334 e. The van der Waals surface area contributed by atoms with Gasteiger partial charge in [-0.3, -0.25) is 0 Å². The first kappa shape index (κ1) is 5.50. The molecule has 0 radical (unpaired) electrons. The summed E-state index contributed by atoms with van der Waals surface area (Å²) in [6, 6.07) is 0. The first-order valence-corrected chi connectivity index (χ1v) is 3.01. The summed E-state index contributed by atoms with van der Waals surface area (Å²) >= 11 is 1.39. The molecule has 0 unspecified atom stereocenters. The van der Waals surface area contributed by atoms with Gasteiger partial charge in [-0.15, -0.1) is 11.3 Å². The summed E-state index contributed by atoms with van der Waals surface area (Å²) in [4.78, 5) is 3.77. The quantitative estimate of drug-likeness (QED) is 0.616. The van der Waals surface area contributed by atoms with Crippen molar-refractivity contribution in [3.63, 3.8) is 0 Å². The number of halogens is 1. The molecular formula is C4H5FN2S. The fourth-order valence-electron chi connectivity index (χ4n) is 0.368. The first-order chi connectivity index (χ1) is 3.93. The molecule has 0 aliphatic heterocycles. The molecule has 4 heteroatoms. The zero-order chi connectivity index (χ0) is 5.82. The lowest BCUT2D eigenvalue weighted by Gasteiger charge is -1.89. The van der Waals surface area contributed by atoms with Crippen molar-refractivity contribution in [2.24, 2.45) is 0 Å². The van der Waals surface area contributed by atoms with Gasteiger partial charge in [0.25, 0.3) is 0 Å². The number of aromatic nitrogens is 1. The number of nitrogens with one attached hydrogen (secondary N) is 1. The van der Waals surface area contributed by atoms with Crippen molar-refractivity contribution in [1.29, 1.82) is 0 Å². The molecule has 1 rings (SSSR count). The highest BCUT2D eigenvalue weighted by molar-refractivity contribution is 7.13. The number of hydrogen-bond acceptors (Lipinski definition) is 3. The summed E-state index contributed by atoms with van der Waals surface area (Å²) in [5.74, 6) is 0. The van der Waals surface area contributed by atoms with Crippen molar-refractivity contribution >= 4 is 16.5 Å². The van der Waals surface area contributed by atoms with Gasteiger partial charge in [0.2, 0.25) is 0 Å².